The molecular weight excluding hydrogens is 402 g/mol. The molecule has 1 saturated heterocycles. The van der Waals surface area contributed by atoms with E-state index in [1.165, 1.54) is 0 Å². The van der Waals surface area contributed by atoms with E-state index in [1.54, 1.807) is 12.4 Å². The molecule has 164 valence electrons. The van der Waals surface area contributed by atoms with Gasteiger partial charge in [0.2, 0.25) is 0 Å². The molecule has 1 atom stereocenters. The van der Waals surface area contributed by atoms with Crippen LogP contribution < -0.4 is 4.74 Å². The highest BCUT2D eigenvalue weighted by Gasteiger charge is 2.36. The molecule has 2 N–H and O–H groups in total. The quantitative estimate of drug-likeness (QED) is 0.485. The second-order valence-electron chi connectivity index (χ2n) is 8.46. The molecule has 5 rings (SSSR count). The Kier molecular flexibility index (Phi) is 5.74. The fourth-order valence-corrected chi connectivity index (χ4v) is 4.41. The number of nitrogens with zero attached hydrogens (tertiary/aromatic N) is 3. The van der Waals surface area contributed by atoms with Crippen molar-refractivity contribution in [3.05, 3.63) is 78.6 Å². The molecule has 1 aliphatic rings. The van der Waals surface area contributed by atoms with Crippen LogP contribution >= 0.6 is 0 Å². The Balaban J connectivity index is 1.15. The molecule has 0 radical (unpaired) electrons. The van der Waals surface area contributed by atoms with E-state index in [9.17, 15) is 10.2 Å². The van der Waals surface area contributed by atoms with Crippen LogP contribution in [0, 0.1) is 0 Å². The van der Waals surface area contributed by atoms with E-state index in [0.29, 0.717) is 39.0 Å². The number of rotatable bonds is 6. The lowest BCUT2D eigenvalue weighted by Gasteiger charge is -2.40. The van der Waals surface area contributed by atoms with Crippen LogP contribution in [-0.4, -0.2) is 51.0 Å². The zero-order valence-corrected chi connectivity index (χ0v) is 17.9. The van der Waals surface area contributed by atoms with Gasteiger partial charge >= 0.3 is 0 Å². The van der Waals surface area contributed by atoms with Gasteiger partial charge < -0.3 is 14.9 Å². The summed E-state index contributed by atoms with van der Waals surface area (Å²) in [6.45, 7) is 1.64. The van der Waals surface area contributed by atoms with E-state index < -0.39 is 11.8 Å². The normalized spacial score (nSPS) is 17.4. The zero-order chi connectivity index (χ0) is 22.0. The minimum atomic E-state index is -0.915. The van der Waals surface area contributed by atoms with Gasteiger partial charge in [-0.1, -0.05) is 24.3 Å². The van der Waals surface area contributed by atoms with Gasteiger partial charge in [-0.2, -0.15) is 0 Å². The predicted octanol–water partition coefficient (Wildman–Crippen LogP) is 3.85. The number of hydrogen-bond acceptors (Lipinski definition) is 6. The van der Waals surface area contributed by atoms with Gasteiger partial charge in [0.25, 0.3) is 0 Å². The fourth-order valence-electron chi connectivity index (χ4n) is 4.41. The summed E-state index contributed by atoms with van der Waals surface area (Å²) in [6, 6.07) is 19.7. The molecule has 6 nitrogen and oxygen atoms in total. The first kappa shape index (κ1) is 20.8. The molecule has 3 heterocycles. The van der Waals surface area contributed by atoms with Crippen molar-refractivity contribution in [1.29, 1.82) is 0 Å². The Morgan fingerprint density at radius 1 is 0.938 bits per heavy atom. The standard InChI is InChI=1S/C26H27N3O3/c30-25(9-15-32-22-8-7-19-5-3-12-27-24(19)17-22)29-13-10-26(31,11-14-29)21-16-20-4-1-2-6-23(20)28-18-21/h1-8,12,16-18,25,30-31H,9-11,13-15H2. The molecule has 0 bridgehead atoms. The maximum absolute atomic E-state index is 11.2. The molecule has 6 heteroatoms. The highest BCUT2D eigenvalue weighted by Crippen LogP contribution is 2.34. The minimum Gasteiger partial charge on any atom is -0.493 e. The van der Waals surface area contributed by atoms with Gasteiger partial charge in [-0.15, -0.1) is 0 Å². The molecule has 0 spiro atoms. The first-order valence-electron chi connectivity index (χ1n) is 11.1. The van der Waals surface area contributed by atoms with Gasteiger partial charge in [-0.3, -0.25) is 14.9 Å². The van der Waals surface area contributed by atoms with E-state index in [0.717, 1.165) is 33.1 Å². The number of piperidine rings is 1. The van der Waals surface area contributed by atoms with Gasteiger partial charge in [-0.25, -0.2) is 0 Å². The molecule has 1 unspecified atom stereocenters. The minimum absolute atomic E-state index is 0.412. The molecule has 0 saturated carbocycles. The Hall–Kier alpha value is -3.06. The predicted molar refractivity (Wildman–Crippen MR) is 124 cm³/mol. The Morgan fingerprint density at radius 3 is 2.62 bits per heavy atom. The van der Waals surface area contributed by atoms with E-state index in [4.69, 9.17) is 4.74 Å². The van der Waals surface area contributed by atoms with Crippen LogP contribution in [-0.2, 0) is 5.60 Å². The molecule has 2 aromatic heterocycles. The molecule has 1 aliphatic heterocycles. The summed E-state index contributed by atoms with van der Waals surface area (Å²) in [7, 11) is 0. The average Bonchev–Trinajstić information content (AvgIpc) is 2.84. The van der Waals surface area contributed by atoms with Crippen LogP contribution in [0.2, 0.25) is 0 Å². The highest BCUT2D eigenvalue weighted by atomic mass is 16.5. The third kappa shape index (κ3) is 4.30. The molecule has 32 heavy (non-hydrogen) atoms. The molecule has 0 aliphatic carbocycles. The number of fused-ring (bicyclic) bond motifs is 2. The van der Waals surface area contributed by atoms with Crippen molar-refractivity contribution in [2.24, 2.45) is 0 Å². The average molecular weight is 430 g/mol. The summed E-state index contributed by atoms with van der Waals surface area (Å²) in [5.41, 5.74) is 1.75. The smallest absolute Gasteiger partial charge is 0.121 e. The highest BCUT2D eigenvalue weighted by molar-refractivity contribution is 5.80. The maximum atomic E-state index is 11.2. The second kappa shape index (κ2) is 8.82. The lowest BCUT2D eigenvalue weighted by molar-refractivity contribution is -0.0819. The number of para-hydroxylation sites is 1. The van der Waals surface area contributed by atoms with Crippen LogP contribution in [0.1, 0.15) is 24.8 Å². The fraction of sp³-hybridized carbons (Fsp3) is 0.308. The number of likely N-dealkylation sites (tertiary alicyclic amines) is 1. The number of aliphatic hydroxyl groups is 2. The number of pyridine rings is 2. The maximum Gasteiger partial charge on any atom is 0.121 e. The van der Waals surface area contributed by atoms with Gasteiger partial charge in [0.05, 0.1) is 23.2 Å². The molecule has 2 aromatic carbocycles. The monoisotopic (exact) mass is 429 g/mol. The molecule has 0 amide bonds. The SMILES string of the molecule is OC(CCOc1ccc2cccnc2c1)N1CCC(O)(c2cnc3ccccc3c2)CC1. The van der Waals surface area contributed by atoms with Crippen molar-refractivity contribution in [1.82, 2.24) is 14.9 Å². The van der Waals surface area contributed by atoms with Crippen molar-refractivity contribution in [2.75, 3.05) is 19.7 Å². The van der Waals surface area contributed by atoms with Crippen molar-refractivity contribution in [3.8, 4) is 5.75 Å². The van der Waals surface area contributed by atoms with Gasteiger partial charge in [-0.05, 0) is 43.2 Å². The van der Waals surface area contributed by atoms with E-state index in [1.807, 2.05) is 65.6 Å². The molecule has 1 fully saturated rings. The number of aromatic nitrogens is 2. The number of aliphatic hydroxyl groups excluding tert-OH is 1. The van der Waals surface area contributed by atoms with E-state index in [2.05, 4.69) is 9.97 Å². The van der Waals surface area contributed by atoms with Crippen LogP contribution in [0.25, 0.3) is 21.8 Å². The Morgan fingerprint density at radius 2 is 1.75 bits per heavy atom. The van der Waals surface area contributed by atoms with Crippen LogP contribution in [0.5, 0.6) is 5.75 Å². The van der Waals surface area contributed by atoms with E-state index >= 15 is 0 Å². The van der Waals surface area contributed by atoms with Crippen LogP contribution in [0.15, 0.2) is 73.1 Å². The Bertz CT molecular complexity index is 1220. The number of hydrogen-bond donors (Lipinski definition) is 2. The summed E-state index contributed by atoms with van der Waals surface area (Å²) in [4.78, 5) is 10.9. The molecular formula is C26H27N3O3. The summed E-state index contributed by atoms with van der Waals surface area (Å²) in [6.07, 6.45) is 4.55. The van der Waals surface area contributed by atoms with Crippen molar-refractivity contribution >= 4 is 21.8 Å². The van der Waals surface area contributed by atoms with Crippen LogP contribution in [0.3, 0.4) is 0 Å². The van der Waals surface area contributed by atoms with Crippen molar-refractivity contribution < 1.29 is 14.9 Å². The van der Waals surface area contributed by atoms with Crippen molar-refractivity contribution in [3.63, 3.8) is 0 Å². The largest absolute Gasteiger partial charge is 0.493 e. The summed E-state index contributed by atoms with van der Waals surface area (Å²) in [5, 5.41) is 24.0. The third-order valence-electron chi connectivity index (χ3n) is 6.40. The number of benzene rings is 2. The lowest BCUT2D eigenvalue weighted by atomic mass is 9.84. The Labute approximate surface area is 187 Å². The van der Waals surface area contributed by atoms with Gasteiger partial charge in [0, 0.05) is 54.3 Å². The lowest BCUT2D eigenvalue weighted by Crippen LogP contribution is -2.47. The van der Waals surface area contributed by atoms with E-state index in [-0.39, 0.29) is 0 Å². The van der Waals surface area contributed by atoms with Crippen molar-refractivity contribution in [2.45, 2.75) is 31.1 Å². The van der Waals surface area contributed by atoms with Gasteiger partial charge in [0.1, 0.15) is 12.0 Å². The first-order valence-corrected chi connectivity index (χ1v) is 11.1. The first-order chi connectivity index (χ1) is 15.6. The summed E-state index contributed by atoms with van der Waals surface area (Å²) >= 11 is 0. The topological polar surface area (TPSA) is 78.7 Å². The zero-order valence-electron chi connectivity index (χ0n) is 17.9. The third-order valence-corrected chi connectivity index (χ3v) is 6.40. The number of ether oxygens (including phenoxy) is 1. The van der Waals surface area contributed by atoms with Gasteiger partial charge in [0.15, 0.2) is 0 Å². The molecule has 4 aromatic rings. The summed E-state index contributed by atoms with van der Waals surface area (Å²) < 4.78 is 5.84. The summed E-state index contributed by atoms with van der Waals surface area (Å²) in [5.74, 6) is 0.750. The second-order valence-corrected chi connectivity index (χ2v) is 8.46. The van der Waals surface area contributed by atoms with Crippen LogP contribution in [0.4, 0.5) is 0 Å².